The van der Waals surface area contributed by atoms with Crippen LogP contribution < -0.4 is 15.5 Å². The summed E-state index contributed by atoms with van der Waals surface area (Å²) in [5, 5.41) is 5.81. The van der Waals surface area contributed by atoms with Crippen molar-refractivity contribution in [1.29, 1.82) is 0 Å². The Kier molecular flexibility index (Phi) is 4.95. The van der Waals surface area contributed by atoms with Crippen molar-refractivity contribution in [1.82, 2.24) is 9.97 Å². The second-order valence-electron chi connectivity index (χ2n) is 7.04. The molecule has 2 aromatic carbocycles. The van der Waals surface area contributed by atoms with Gasteiger partial charge in [0.2, 0.25) is 11.9 Å². The first-order chi connectivity index (χ1) is 14.0. The van der Waals surface area contributed by atoms with Crippen LogP contribution in [0.2, 0.25) is 0 Å². The van der Waals surface area contributed by atoms with Crippen LogP contribution in [-0.4, -0.2) is 27.8 Å². The van der Waals surface area contributed by atoms with Crippen molar-refractivity contribution in [3.05, 3.63) is 72.1 Å². The molecule has 0 aliphatic carbocycles. The van der Waals surface area contributed by atoms with Crippen molar-refractivity contribution in [2.45, 2.75) is 26.3 Å². The van der Waals surface area contributed by atoms with Gasteiger partial charge in [-0.25, -0.2) is 9.97 Å². The number of carbonyl (C=O) groups is 2. The molecule has 1 unspecified atom stereocenters. The highest BCUT2D eigenvalue weighted by atomic mass is 16.2. The van der Waals surface area contributed by atoms with Crippen molar-refractivity contribution in [2.75, 3.05) is 15.5 Å². The largest absolute Gasteiger partial charge is 0.326 e. The van der Waals surface area contributed by atoms with E-state index in [1.54, 1.807) is 17.0 Å². The Morgan fingerprint density at radius 3 is 2.52 bits per heavy atom. The Bertz CT molecular complexity index is 1060. The van der Waals surface area contributed by atoms with E-state index in [-0.39, 0.29) is 17.9 Å². The maximum Gasteiger partial charge on any atom is 0.261 e. The summed E-state index contributed by atoms with van der Waals surface area (Å²) in [5.74, 6) is 0.122. The number of aromatic nitrogens is 2. The first kappa shape index (κ1) is 18.6. The van der Waals surface area contributed by atoms with Gasteiger partial charge in [0.15, 0.2) is 0 Å². The van der Waals surface area contributed by atoms with Crippen molar-refractivity contribution in [3.63, 3.8) is 0 Å². The summed E-state index contributed by atoms with van der Waals surface area (Å²) < 4.78 is 0. The zero-order valence-electron chi connectivity index (χ0n) is 16.2. The monoisotopic (exact) mass is 387 g/mol. The second-order valence-corrected chi connectivity index (χ2v) is 7.04. The van der Waals surface area contributed by atoms with Gasteiger partial charge in [-0.15, -0.1) is 0 Å². The fourth-order valence-electron chi connectivity index (χ4n) is 3.52. The minimum Gasteiger partial charge on any atom is -0.326 e. The zero-order chi connectivity index (χ0) is 20.4. The van der Waals surface area contributed by atoms with Crippen LogP contribution in [0.5, 0.6) is 0 Å². The quantitative estimate of drug-likeness (QED) is 0.712. The third-order valence-corrected chi connectivity index (χ3v) is 4.76. The molecule has 1 atom stereocenters. The van der Waals surface area contributed by atoms with Gasteiger partial charge in [-0.3, -0.25) is 9.59 Å². The van der Waals surface area contributed by atoms with Crippen LogP contribution in [0.4, 0.5) is 23.0 Å². The first-order valence-electron chi connectivity index (χ1n) is 9.39. The fraction of sp³-hybridized carbons (Fsp3) is 0.182. The molecule has 0 saturated heterocycles. The summed E-state index contributed by atoms with van der Waals surface area (Å²) in [5.41, 5.74) is 3.97. The lowest BCUT2D eigenvalue weighted by Crippen LogP contribution is -2.35. The molecule has 0 spiro atoms. The third-order valence-electron chi connectivity index (χ3n) is 4.76. The van der Waals surface area contributed by atoms with Crippen molar-refractivity contribution in [2.24, 2.45) is 0 Å². The lowest BCUT2D eigenvalue weighted by molar-refractivity contribution is -0.114. The topological polar surface area (TPSA) is 87.2 Å². The number of hydrogen-bond acceptors (Lipinski definition) is 5. The highest BCUT2D eigenvalue weighted by Crippen LogP contribution is 2.33. The van der Waals surface area contributed by atoms with Crippen LogP contribution in [0.3, 0.4) is 0 Å². The van der Waals surface area contributed by atoms with E-state index in [1.807, 2.05) is 37.3 Å². The van der Waals surface area contributed by atoms with E-state index in [0.717, 1.165) is 17.8 Å². The van der Waals surface area contributed by atoms with Gasteiger partial charge in [0.05, 0.1) is 5.56 Å². The number of nitrogens with one attached hydrogen (secondary N) is 2. The van der Waals surface area contributed by atoms with E-state index in [4.69, 9.17) is 0 Å². The average molecular weight is 387 g/mol. The van der Waals surface area contributed by atoms with Gasteiger partial charge in [-0.05, 0) is 43.2 Å². The van der Waals surface area contributed by atoms with E-state index in [1.165, 1.54) is 24.9 Å². The number of benzene rings is 2. The summed E-state index contributed by atoms with van der Waals surface area (Å²) in [7, 11) is 0. The third kappa shape index (κ3) is 3.94. The molecule has 3 aromatic rings. The minimum absolute atomic E-state index is 0.0919. The highest BCUT2D eigenvalue weighted by Gasteiger charge is 2.31. The summed E-state index contributed by atoms with van der Waals surface area (Å²) in [4.78, 5) is 34.6. The molecule has 1 aliphatic rings. The Morgan fingerprint density at radius 2 is 1.76 bits per heavy atom. The molecule has 0 radical (unpaired) electrons. The maximum atomic E-state index is 13.0. The number of hydrogen-bond donors (Lipinski definition) is 2. The smallest absolute Gasteiger partial charge is 0.261 e. The zero-order valence-corrected chi connectivity index (χ0v) is 16.2. The molecule has 2 heterocycles. The van der Waals surface area contributed by atoms with Gasteiger partial charge in [-0.1, -0.05) is 24.3 Å². The molecule has 2 N–H and O–H groups in total. The van der Waals surface area contributed by atoms with Gasteiger partial charge in [0.1, 0.15) is 0 Å². The molecule has 0 saturated carbocycles. The molecule has 0 fully saturated rings. The molecule has 7 nitrogen and oxygen atoms in total. The summed E-state index contributed by atoms with van der Waals surface area (Å²) >= 11 is 0. The molecule has 0 bridgehead atoms. The van der Waals surface area contributed by atoms with Crippen LogP contribution in [0.1, 0.15) is 29.8 Å². The number of para-hydroxylation sites is 1. The molecule has 1 aliphatic heterocycles. The molecule has 2 amide bonds. The molecule has 4 rings (SSSR count). The maximum absolute atomic E-state index is 13.0. The van der Waals surface area contributed by atoms with E-state index < -0.39 is 0 Å². The lowest BCUT2D eigenvalue weighted by Gasteiger charge is -2.22. The van der Waals surface area contributed by atoms with Gasteiger partial charge < -0.3 is 15.5 Å². The molecular weight excluding hydrogens is 366 g/mol. The van der Waals surface area contributed by atoms with E-state index >= 15 is 0 Å². The van der Waals surface area contributed by atoms with Gasteiger partial charge in [0, 0.05) is 42.4 Å². The predicted octanol–water partition coefficient (Wildman–Crippen LogP) is 3.77. The van der Waals surface area contributed by atoms with Crippen LogP contribution >= 0.6 is 0 Å². The number of anilines is 4. The average Bonchev–Trinajstić information content (AvgIpc) is 3.03. The van der Waals surface area contributed by atoms with Crippen molar-refractivity contribution >= 4 is 34.8 Å². The SMILES string of the molecule is CC(=O)Nc1cccc(Nc2ncc(C(=O)N3c4ccccc4CC3C)cn2)c1. The van der Waals surface area contributed by atoms with Gasteiger partial charge >= 0.3 is 0 Å². The Morgan fingerprint density at radius 1 is 1.03 bits per heavy atom. The van der Waals surface area contributed by atoms with Gasteiger partial charge in [-0.2, -0.15) is 0 Å². The van der Waals surface area contributed by atoms with E-state index in [2.05, 4.69) is 26.7 Å². The molecule has 1 aromatic heterocycles. The summed E-state index contributed by atoms with van der Waals surface area (Å²) in [6.45, 7) is 3.50. The Hall–Kier alpha value is -3.74. The van der Waals surface area contributed by atoms with Crippen LogP contribution in [-0.2, 0) is 11.2 Å². The van der Waals surface area contributed by atoms with E-state index in [9.17, 15) is 9.59 Å². The summed E-state index contributed by atoms with van der Waals surface area (Å²) in [6, 6.07) is 15.3. The van der Waals surface area contributed by atoms with Gasteiger partial charge in [0.25, 0.3) is 5.91 Å². The van der Waals surface area contributed by atoms with Crippen LogP contribution in [0.25, 0.3) is 0 Å². The molecule has 146 valence electrons. The number of nitrogens with zero attached hydrogens (tertiary/aromatic N) is 3. The minimum atomic E-state index is -0.140. The number of carbonyl (C=O) groups excluding carboxylic acids is 2. The molecular formula is C22H21N5O2. The normalized spacial score (nSPS) is 15.0. The van der Waals surface area contributed by atoms with E-state index in [0.29, 0.717) is 17.2 Å². The van der Waals surface area contributed by atoms with Crippen molar-refractivity contribution < 1.29 is 9.59 Å². The number of fused-ring (bicyclic) bond motifs is 1. The second kappa shape index (κ2) is 7.71. The Balaban J connectivity index is 1.50. The van der Waals surface area contributed by atoms with Crippen LogP contribution in [0.15, 0.2) is 60.9 Å². The Labute approximate surface area is 168 Å². The highest BCUT2D eigenvalue weighted by molar-refractivity contribution is 6.07. The van der Waals surface area contributed by atoms with Crippen molar-refractivity contribution in [3.8, 4) is 0 Å². The predicted molar refractivity (Wildman–Crippen MR) is 112 cm³/mol. The number of rotatable bonds is 4. The fourth-order valence-corrected chi connectivity index (χ4v) is 3.52. The number of amides is 2. The molecule has 29 heavy (non-hydrogen) atoms. The van der Waals surface area contributed by atoms with Crippen LogP contribution in [0, 0.1) is 0 Å². The lowest BCUT2D eigenvalue weighted by atomic mass is 10.1. The summed E-state index contributed by atoms with van der Waals surface area (Å²) in [6.07, 6.45) is 3.90. The standard InChI is InChI=1S/C22H21N5O2/c1-14-10-16-6-3-4-9-20(16)27(14)21(29)17-12-23-22(24-13-17)26-19-8-5-7-18(11-19)25-15(2)28/h3-9,11-14H,10H2,1-2H3,(H,25,28)(H,23,24,26). The first-order valence-corrected chi connectivity index (χ1v) is 9.39. The molecule has 7 heteroatoms.